The van der Waals surface area contributed by atoms with Gasteiger partial charge >= 0.3 is 27.3 Å². The van der Waals surface area contributed by atoms with Gasteiger partial charge in [0.05, 0.1) is 31.6 Å². The summed E-state index contributed by atoms with van der Waals surface area (Å²) < 4.78 is 0. The third-order valence-corrected chi connectivity index (χ3v) is 4.89. The zero-order valence-corrected chi connectivity index (χ0v) is 23.1. The standard InChI is InChI=1S/2C8H7NO4S.Cd.5H2O/c2*10-8(11)5-14-7-4-2-1-3-6(7)9(12)13;;;;;;/h2*1-4H,5H2,(H,10,11);;5*1H2/q;;+2;;;;;/p+1. The minimum absolute atomic E-state index is 0. The van der Waals surface area contributed by atoms with Gasteiger partial charge in [0.25, 0.3) is 11.4 Å². The number of thioether (sulfide) groups is 2. The number of carbonyl (C=O) groups is 2. The number of hydrogen-bond donors (Lipinski definition) is 0. The van der Waals surface area contributed by atoms with Gasteiger partial charge in [-0.3, -0.25) is 20.2 Å². The summed E-state index contributed by atoms with van der Waals surface area (Å²) in [5, 5.41) is 41.3. The van der Waals surface area contributed by atoms with Crippen LogP contribution in [0, 0.1) is 20.2 Å². The van der Waals surface area contributed by atoms with Crippen molar-refractivity contribution in [1.29, 1.82) is 0 Å². The van der Waals surface area contributed by atoms with Crippen molar-refractivity contribution in [3.8, 4) is 0 Å². The van der Waals surface area contributed by atoms with E-state index in [4.69, 9.17) is 0 Å². The fourth-order valence-corrected chi connectivity index (χ4v) is 3.21. The van der Waals surface area contributed by atoms with Crippen LogP contribution in [0.15, 0.2) is 58.3 Å². The van der Waals surface area contributed by atoms with E-state index >= 15 is 0 Å². The Kier molecular flexibility index (Phi) is 31.5. The predicted octanol–water partition coefficient (Wildman–Crippen LogP) is -3.54. The van der Waals surface area contributed by atoms with Crippen molar-refractivity contribution in [1.82, 2.24) is 0 Å². The first kappa shape index (κ1) is 45.2. The fraction of sp³-hybridized carbons (Fsp3) is 0.125. The molecule has 0 aromatic heterocycles. The second-order valence-electron chi connectivity index (χ2n) is 4.77. The molecule has 15 nitrogen and oxygen atoms in total. The van der Waals surface area contributed by atoms with E-state index in [0.29, 0.717) is 9.79 Å². The van der Waals surface area contributed by atoms with Crippen molar-refractivity contribution >= 4 is 46.8 Å². The van der Waals surface area contributed by atoms with E-state index in [1.807, 2.05) is 0 Å². The van der Waals surface area contributed by atoms with Gasteiger partial charge in [-0.15, -0.1) is 23.5 Å². The molecule has 0 atom stereocenters. The SMILES string of the molecule is O.O.O=C([O-])CSc1ccccc1[N+](=O)[O-].O=C([O-])CSc1ccccc1[N+](=O)[O-].[Cd+2].[OH3+].[OH3+].[OH3+]. The Balaban J connectivity index is -0.0000000980. The predicted molar refractivity (Wildman–Crippen MR) is 119 cm³/mol. The number of benzene rings is 2. The van der Waals surface area contributed by atoms with E-state index in [1.165, 1.54) is 36.4 Å². The largest absolute Gasteiger partial charge is 2.00 e. The van der Waals surface area contributed by atoms with Crippen LogP contribution < -0.4 is 10.2 Å². The fourth-order valence-electron chi connectivity index (χ4n) is 1.73. The average molecular weight is 630 g/mol. The maximum Gasteiger partial charge on any atom is 2.00 e. The Labute approximate surface area is 220 Å². The van der Waals surface area contributed by atoms with Crippen molar-refractivity contribution in [2.75, 3.05) is 11.5 Å². The summed E-state index contributed by atoms with van der Waals surface area (Å²) >= 11 is 1.76. The topological polar surface area (TPSA) is 329 Å². The van der Waals surface area contributed by atoms with Crippen LogP contribution >= 0.6 is 23.5 Å². The van der Waals surface area contributed by atoms with Gasteiger partial charge < -0.3 is 47.2 Å². The maximum absolute atomic E-state index is 10.5. The van der Waals surface area contributed by atoms with Crippen LogP contribution in [0.3, 0.4) is 0 Å². The zero-order chi connectivity index (χ0) is 21.1. The molecule has 2 aromatic rings. The van der Waals surface area contributed by atoms with Crippen LogP contribution in [0.1, 0.15) is 0 Å². The van der Waals surface area contributed by atoms with Crippen LogP contribution in [0.4, 0.5) is 11.4 Å². The number of hydrogen-bond acceptors (Lipinski definition) is 10. The second kappa shape index (κ2) is 23.7. The van der Waals surface area contributed by atoms with E-state index in [2.05, 4.69) is 0 Å². The van der Waals surface area contributed by atoms with Gasteiger partial charge in [-0.1, -0.05) is 24.3 Å². The van der Waals surface area contributed by atoms with Crippen molar-refractivity contribution in [2.24, 2.45) is 0 Å². The molecule has 0 heterocycles. The van der Waals surface area contributed by atoms with Crippen LogP contribution in [0.25, 0.3) is 0 Å². The Bertz CT molecular complexity index is 818. The number of carbonyl (C=O) groups excluding carboxylic acids is 2. The number of para-hydroxylation sites is 2. The van der Waals surface area contributed by atoms with Crippen molar-refractivity contribution in [3.63, 3.8) is 0 Å². The first-order valence-electron chi connectivity index (χ1n) is 7.34. The number of carboxylic acids is 2. The first-order chi connectivity index (χ1) is 13.2. The number of aliphatic carboxylic acids is 2. The summed E-state index contributed by atoms with van der Waals surface area (Å²) in [5.74, 6) is -3.06. The Morgan fingerprint density at radius 3 is 1.18 bits per heavy atom. The first-order valence-corrected chi connectivity index (χ1v) is 9.31. The van der Waals surface area contributed by atoms with Gasteiger partial charge in [0.15, 0.2) is 0 Å². The molecular formula is C16H25CdN2O13S2+3. The third kappa shape index (κ3) is 17.1. The number of nitro benzene ring substituents is 2. The van der Waals surface area contributed by atoms with Gasteiger partial charge in [-0.25, -0.2) is 0 Å². The van der Waals surface area contributed by atoms with Gasteiger partial charge in [-0.2, -0.15) is 0 Å². The second-order valence-corrected chi connectivity index (χ2v) is 6.81. The summed E-state index contributed by atoms with van der Waals surface area (Å²) in [4.78, 5) is 40.9. The van der Waals surface area contributed by atoms with Gasteiger partial charge in [0, 0.05) is 23.6 Å². The molecule has 0 amide bonds. The van der Waals surface area contributed by atoms with Gasteiger partial charge in [0.1, 0.15) is 0 Å². The zero-order valence-electron chi connectivity index (χ0n) is 17.4. The van der Waals surface area contributed by atoms with E-state index < -0.39 is 21.8 Å². The third-order valence-electron chi connectivity index (χ3n) is 2.81. The van der Waals surface area contributed by atoms with E-state index in [-0.39, 0.29) is 77.6 Å². The molecule has 0 fully saturated rings. The number of carboxylic acid groups (broad SMARTS) is 2. The Morgan fingerprint density at radius 1 is 0.676 bits per heavy atom. The average Bonchev–Trinajstić information content (AvgIpc) is 2.65. The van der Waals surface area contributed by atoms with E-state index in [1.54, 1.807) is 12.1 Å². The molecule has 0 aliphatic heterocycles. The smallest absolute Gasteiger partial charge is 0.549 e. The molecule has 0 aliphatic rings. The van der Waals surface area contributed by atoms with E-state index in [9.17, 15) is 40.0 Å². The van der Waals surface area contributed by atoms with Crippen LogP contribution in [0.5, 0.6) is 0 Å². The molecule has 0 radical (unpaired) electrons. The maximum atomic E-state index is 10.5. The van der Waals surface area contributed by atoms with Gasteiger partial charge in [0.2, 0.25) is 0 Å². The molecular weight excluding hydrogens is 605 g/mol. The molecule has 0 spiro atoms. The molecule has 2 rings (SSSR count). The van der Waals surface area contributed by atoms with Crippen LogP contribution in [-0.2, 0) is 53.3 Å². The molecule has 2 aromatic carbocycles. The van der Waals surface area contributed by atoms with Crippen molar-refractivity contribution in [2.45, 2.75) is 9.79 Å². The quantitative estimate of drug-likeness (QED) is 0.0909. The summed E-state index contributed by atoms with van der Waals surface area (Å²) in [5.41, 5.74) is -0.169. The molecule has 13 N–H and O–H groups in total. The molecule has 0 bridgehead atoms. The van der Waals surface area contributed by atoms with Crippen molar-refractivity contribution < 1.29 is 84.3 Å². The summed E-state index contributed by atoms with van der Waals surface area (Å²) in [6.45, 7) is 0. The summed E-state index contributed by atoms with van der Waals surface area (Å²) in [7, 11) is 0. The summed E-state index contributed by atoms with van der Waals surface area (Å²) in [6, 6.07) is 12.0. The molecule has 0 aliphatic carbocycles. The molecule has 0 saturated carbocycles. The van der Waals surface area contributed by atoms with Crippen LogP contribution in [0.2, 0.25) is 0 Å². The van der Waals surface area contributed by atoms with Crippen LogP contribution in [-0.4, -0.2) is 44.2 Å². The minimum Gasteiger partial charge on any atom is -0.549 e. The van der Waals surface area contributed by atoms with E-state index in [0.717, 1.165) is 23.5 Å². The van der Waals surface area contributed by atoms with Crippen molar-refractivity contribution in [3.05, 3.63) is 68.8 Å². The number of rotatable bonds is 8. The molecule has 0 unspecified atom stereocenters. The molecule has 34 heavy (non-hydrogen) atoms. The number of nitrogens with zero attached hydrogens (tertiary/aromatic N) is 2. The van der Waals surface area contributed by atoms with Gasteiger partial charge in [-0.05, 0) is 12.1 Å². The normalized spacial score (nSPS) is 8.00. The molecule has 188 valence electrons. The summed E-state index contributed by atoms with van der Waals surface area (Å²) in [6.07, 6.45) is 0. The Hall–Kier alpha value is -2.40. The Morgan fingerprint density at radius 2 is 0.941 bits per heavy atom. The molecule has 0 saturated heterocycles. The molecule has 18 heteroatoms. The number of nitro groups is 2. The minimum atomic E-state index is -1.24. The monoisotopic (exact) mass is 631 g/mol.